The van der Waals surface area contributed by atoms with E-state index < -0.39 is 19.8 Å². The van der Waals surface area contributed by atoms with Crippen molar-refractivity contribution < 1.29 is 9.53 Å². The summed E-state index contributed by atoms with van der Waals surface area (Å²) in [6.07, 6.45) is 8.19. The second-order valence-electron chi connectivity index (χ2n) is 8.88. The van der Waals surface area contributed by atoms with Crippen molar-refractivity contribution in [3.05, 3.63) is 78.5 Å². The van der Waals surface area contributed by atoms with Crippen molar-refractivity contribution in [3.63, 3.8) is 0 Å². The molecule has 2 aromatic rings. The molecule has 3 heteroatoms. The standard InChI is InChI=1S/C26H32O2Si/c1-7-24(27)26(5,6)20-14-15-21-28-29(25(2,3)4,22-16-10-8-11-17-22)23-18-12-9-13-19-23/h1,8-13,15-20,24,27H,21H2,2-6H3/t14?,24-/m1/s1. The zero-order valence-corrected chi connectivity index (χ0v) is 19.1. The van der Waals surface area contributed by atoms with E-state index in [1.165, 1.54) is 10.4 Å². The van der Waals surface area contributed by atoms with E-state index >= 15 is 0 Å². The highest BCUT2D eigenvalue weighted by Gasteiger charge is 2.49. The summed E-state index contributed by atoms with van der Waals surface area (Å²) in [5.74, 6) is 2.38. The number of terminal acetylenes is 1. The van der Waals surface area contributed by atoms with Gasteiger partial charge in [-0.15, -0.1) is 12.2 Å². The number of aliphatic hydroxyl groups excluding tert-OH is 1. The van der Waals surface area contributed by atoms with Crippen LogP contribution in [0.2, 0.25) is 5.04 Å². The monoisotopic (exact) mass is 404 g/mol. The van der Waals surface area contributed by atoms with Gasteiger partial charge in [0.2, 0.25) is 0 Å². The predicted octanol–water partition coefficient (Wildman–Crippen LogP) is 4.29. The molecule has 0 saturated heterocycles. The lowest BCUT2D eigenvalue weighted by Gasteiger charge is -2.42. The van der Waals surface area contributed by atoms with Crippen LogP contribution in [0.5, 0.6) is 0 Å². The van der Waals surface area contributed by atoms with Gasteiger partial charge in [0.1, 0.15) is 6.10 Å². The van der Waals surface area contributed by atoms with Crippen LogP contribution in [0.15, 0.2) is 78.5 Å². The van der Waals surface area contributed by atoms with Gasteiger partial charge < -0.3 is 9.53 Å². The maximum absolute atomic E-state index is 9.93. The van der Waals surface area contributed by atoms with Crippen LogP contribution in [0.1, 0.15) is 34.6 Å². The SMILES string of the molecule is C#C[C@@H](O)C(C)(C)C=C=CCO[Si](c1ccccc1)(c1ccccc1)C(C)(C)C. The highest BCUT2D eigenvalue weighted by Crippen LogP contribution is 2.36. The van der Waals surface area contributed by atoms with Crippen LogP contribution in [0, 0.1) is 17.8 Å². The number of hydrogen-bond acceptors (Lipinski definition) is 2. The third kappa shape index (κ3) is 5.18. The lowest BCUT2D eigenvalue weighted by molar-refractivity contribution is 0.135. The average molecular weight is 405 g/mol. The maximum Gasteiger partial charge on any atom is 0.261 e. The van der Waals surface area contributed by atoms with E-state index in [9.17, 15) is 5.11 Å². The van der Waals surface area contributed by atoms with Gasteiger partial charge in [0.25, 0.3) is 8.32 Å². The van der Waals surface area contributed by atoms with Crippen LogP contribution < -0.4 is 10.4 Å². The first kappa shape index (κ1) is 22.9. The smallest absolute Gasteiger partial charge is 0.261 e. The Morgan fingerprint density at radius 2 is 1.45 bits per heavy atom. The van der Waals surface area contributed by atoms with Crippen LogP contribution in [-0.2, 0) is 4.43 Å². The van der Waals surface area contributed by atoms with Gasteiger partial charge in [-0.25, -0.2) is 0 Å². The summed E-state index contributed by atoms with van der Waals surface area (Å²) >= 11 is 0. The molecule has 0 amide bonds. The third-order valence-corrected chi connectivity index (χ3v) is 10.2. The topological polar surface area (TPSA) is 29.5 Å². The Hall–Kier alpha value is -2.34. The Morgan fingerprint density at radius 1 is 0.966 bits per heavy atom. The first-order valence-corrected chi connectivity index (χ1v) is 11.9. The highest BCUT2D eigenvalue weighted by atomic mass is 28.4. The van der Waals surface area contributed by atoms with Crippen LogP contribution >= 0.6 is 0 Å². The van der Waals surface area contributed by atoms with Crippen LogP contribution in [0.3, 0.4) is 0 Å². The van der Waals surface area contributed by atoms with Gasteiger partial charge in [-0.05, 0) is 27.6 Å². The molecule has 0 bridgehead atoms. The van der Waals surface area contributed by atoms with E-state index in [0.717, 1.165) is 0 Å². The summed E-state index contributed by atoms with van der Waals surface area (Å²) in [5, 5.41) is 12.4. The molecule has 0 heterocycles. The van der Waals surface area contributed by atoms with E-state index in [0.29, 0.717) is 6.61 Å². The largest absolute Gasteiger partial charge is 0.403 e. The van der Waals surface area contributed by atoms with Gasteiger partial charge in [0.05, 0.1) is 6.61 Å². The number of aliphatic hydroxyl groups is 1. The van der Waals surface area contributed by atoms with Crippen molar-refractivity contribution >= 4 is 18.7 Å². The van der Waals surface area contributed by atoms with Crippen molar-refractivity contribution in [2.75, 3.05) is 6.61 Å². The summed E-state index contributed by atoms with van der Waals surface area (Å²) in [4.78, 5) is 0. The second-order valence-corrected chi connectivity index (χ2v) is 13.2. The highest BCUT2D eigenvalue weighted by molar-refractivity contribution is 6.99. The van der Waals surface area contributed by atoms with Gasteiger partial charge >= 0.3 is 0 Å². The van der Waals surface area contributed by atoms with Gasteiger partial charge in [0.15, 0.2) is 0 Å². The van der Waals surface area contributed by atoms with Crippen molar-refractivity contribution in [1.82, 2.24) is 0 Å². The first-order valence-electron chi connectivity index (χ1n) is 9.96. The van der Waals surface area contributed by atoms with E-state index in [4.69, 9.17) is 10.8 Å². The number of hydrogen-bond donors (Lipinski definition) is 1. The average Bonchev–Trinajstić information content (AvgIpc) is 2.70. The third-order valence-electron chi connectivity index (χ3n) is 5.24. The fourth-order valence-corrected chi connectivity index (χ4v) is 8.03. The zero-order valence-electron chi connectivity index (χ0n) is 18.1. The number of rotatable bonds is 7. The molecular weight excluding hydrogens is 372 g/mol. The molecule has 0 fully saturated rings. The molecule has 0 radical (unpaired) electrons. The summed E-state index contributed by atoms with van der Waals surface area (Å²) < 4.78 is 6.77. The summed E-state index contributed by atoms with van der Waals surface area (Å²) in [6.45, 7) is 11.0. The van der Waals surface area contributed by atoms with E-state index in [2.05, 4.69) is 81.0 Å². The molecule has 2 rings (SSSR count). The Morgan fingerprint density at radius 3 is 1.86 bits per heavy atom. The van der Waals surface area contributed by atoms with Gasteiger partial charge in [-0.1, -0.05) is 101 Å². The summed E-state index contributed by atoms with van der Waals surface area (Å²) in [6, 6.07) is 21.1. The Kier molecular flexibility index (Phi) is 7.46. The molecule has 2 aromatic carbocycles. The minimum atomic E-state index is -2.54. The Bertz CT molecular complexity index is 840. The van der Waals surface area contributed by atoms with Crippen LogP contribution in [0.25, 0.3) is 0 Å². The molecule has 0 aromatic heterocycles. The molecule has 0 saturated carbocycles. The van der Waals surface area contributed by atoms with Gasteiger partial charge in [-0.3, -0.25) is 0 Å². The molecule has 0 unspecified atom stereocenters. The van der Waals surface area contributed by atoms with Crippen molar-refractivity contribution in [2.24, 2.45) is 5.41 Å². The summed E-state index contributed by atoms with van der Waals surface area (Å²) in [7, 11) is -2.54. The normalized spacial score (nSPS) is 13.1. The minimum absolute atomic E-state index is 0.0633. The van der Waals surface area contributed by atoms with Crippen molar-refractivity contribution in [3.8, 4) is 12.3 Å². The summed E-state index contributed by atoms with van der Waals surface area (Å²) in [5.41, 5.74) is 2.62. The predicted molar refractivity (Wildman–Crippen MR) is 125 cm³/mol. The van der Waals surface area contributed by atoms with Crippen LogP contribution in [0.4, 0.5) is 0 Å². The molecule has 0 spiro atoms. The van der Waals surface area contributed by atoms with Gasteiger partial charge in [0, 0.05) is 5.41 Å². The zero-order chi connectivity index (χ0) is 21.5. The lowest BCUT2D eigenvalue weighted by atomic mass is 9.87. The fourth-order valence-electron chi connectivity index (χ4n) is 3.54. The van der Waals surface area contributed by atoms with Crippen molar-refractivity contribution in [1.29, 1.82) is 0 Å². The fraction of sp³-hybridized carbons (Fsp3) is 0.346. The van der Waals surface area contributed by atoms with Gasteiger partial charge in [-0.2, -0.15) is 0 Å². The molecule has 2 nitrogen and oxygen atoms in total. The molecule has 0 aliphatic carbocycles. The molecule has 1 N–H and O–H groups in total. The minimum Gasteiger partial charge on any atom is -0.403 e. The molecule has 1 atom stereocenters. The van der Waals surface area contributed by atoms with E-state index in [1.54, 1.807) is 0 Å². The molecule has 0 aliphatic rings. The molecule has 0 aliphatic heterocycles. The lowest BCUT2D eigenvalue weighted by Crippen LogP contribution is -2.66. The molecule has 152 valence electrons. The molecule has 29 heavy (non-hydrogen) atoms. The van der Waals surface area contributed by atoms with Crippen LogP contribution in [-0.4, -0.2) is 26.1 Å². The Balaban J connectivity index is 2.42. The van der Waals surface area contributed by atoms with E-state index in [-0.39, 0.29) is 5.04 Å². The quantitative estimate of drug-likeness (QED) is 0.424. The Labute approximate surface area is 177 Å². The molecular formula is C26H32O2Si. The first-order chi connectivity index (χ1) is 13.6. The maximum atomic E-state index is 9.93. The second kappa shape index (κ2) is 9.44. The number of benzene rings is 2. The van der Waals surface area contributed by atoms with Crippen molar-refractivity contribution in [2.45, 2.75) is 45.8 Å². The van der Waals surface area contributed by atoms with E-state index in [1.807, 2.05) is 38.1 Å².